The van der Waals surface area contributed by atoms with Crippen molar-refractivity contribution >= 4 is 23.3 Å². The van der Waals surface area contributed by atoms with E-state index in [-0.39, 0.29) is 6.03 Å². The standard InChI is InChI=1S/C20H25ClN2O4/c1-14-6-4-7-15(2)18(14)26-11-10-22-20(24)23-17-9-5-8-16(21)19(17)27-13-12-25-3/h4-9H,10-13H2,1-3H3,(H2,22,23,24). The van der Waals surface area contributed by atoms with Gasteiger partial charge in [-0.1, -0.05) is 35.9 Å². The lowest BCUT2D eigenvalue weighted by molar-refractivity contribution is 0.146. The molecule has 2 aromatic carbocycles. The van der Waals surface area contributed by atoms with Crippen molar-refractivity contribution in [1.82, 2.24) is 5.32 Å². The molecular weight excluding hydrogens is 368 g/mol. The van der Waals surface area contributed by atoms with E-state index in [1.54, 1.807) is 25.3 Å². The Morgan fingerprint density at radius 2 is 1.63 bits per heavy atom. The number of carbonyl (C=O) groups excluding carboxylic acids is 1. The number of rotatable bonds is 9. The maximum Gasteiger partial charge on any atom is 0.319 e. The van der Waals surface area contributed by atoms with Crippen molar-refractivity contribution in [3.05, 3.63) is 52.5 Å². The van der Waals surface area contributed by atoms with E-state index in [4.69, 9.17) is 25.8 Å². The van der Waals surface area contributed by atoms with Crippen LogP contribution in [0.25, 0.3) is 0 Å². The smallest absolute Gasteiger partial charge is 0.319 e. The molecule has 0 fully saturated rings. The summed E-state index contributed by atoms with van der Waals surface area (Å²) in [6, 6.07) is 10.8. The average molecular weight is 393 g/mol. The van der Waals surface area contributed by atoms with Crippen LogP contribution in [0.15, 0.2) is 36.4 Å². The molecule has 0 atom stereocenters. The Bertz CT molecular complexity index is 747. The minimum absolute atomic E-state index is 0.333. The molecule has 0 bridgehead atoms. The topological polar surface area (TPSA) is 68.8 Å². The van der Waals surface area contributed by atoms with Crippen molar-refractivity contribution in [1.29, 1.82) is 0 Å². The number of anilines is 1. The van der Waals surface area contributed by atoms with Gasteiger partial charge in [-0.15, -0.1) is 0 Å². The number of methoxy groups -OCH3 is 1. The summed E-state index contributed by atoms with van der Waals surface area (Å²) in [4.78, 5) is 12.2. The highest BCUT2D eigenvalue weighted by Gasteiger charge is 2.11. The largest absolute Gasteiger partial charge is 0.491 e. The van der Waals surface area contributed by atoms with Gasteiger partial charge in [0.15, 0.2) is 5.75 Å². The number of carbonyl (C=O) groups is 1. The highest BCUT2D eigenvalue weighted by atomic mass is 35.5. The Morgan fingerprint density at radius 3 is 2.33 bits per heavy atom. The molecule has 0 radical (unpaired) electrons. The SMILES string of the molecule is COCCOc1c(Cl)cccc1NC(=O)NCCOc1c(C)cccc1C. The lowest BCUT2D eigenvalue weighted by Gasteiger charge is -2.15. The fraction of sp³-hybridized carbons (Fsp3) is 0.350. The average Bonchev–Trinajstić information content (AvgIpc) is 2.63. The molecule has 0 aliphatic rings. The molecule has 0 aromatic heterocycles. The Kier molecular flexibility index (Phi) is 8.23. The quantitative estimate of drug-likeness (QED) is 0.628. The van der Waals surface area contributed by atoms with Gasteiger partial charge >= 0.3 is 6.03 Å². The summed E-state index contributed by atoms with van der Waals surface area (Å²) >= 11 is 6.16. The Labute approximate surface area is 164 Å². The monoisotopic (exact) mass is 392 g/mol. The molecule has 0 aliphatic heterocycles. The normalized spacial score (nSPS) is 10.4. The van der Waals surface area contributed by atoms with Gasteiger partial charge in [-0.25, -0.2) is 4.79 Å². The van der Waals surface area contributed by atoms with Gasteiger partial charge in [0.25, 0.3) is 0 Å². The van der Waals surface area contributed by atoms with Crippen molar-refractivity contribution in [2.75, 3.05) is 38.8 Å². The molecule has 27 heavy (non-hydrogen) atoms. The zero-order valence-corrected chi connectivity index (χ0v) is 16.6. The number of benzene rings is 2. The molecule has 6 nitrogen and oxygen atoms in total. The first kappa shape index (κ1) is 20.9. The number of para-hydroxylation sites is 2. The maximum absolute atomic E-state index is 12.2. The Balaban J connectivity index is 1.84. The van der Waals surface area contributed by atoms with Gasteiger partial charge in [-0.05, 0) is 37.1 Å². The van der Waals surface area contributed by atoms with Crippen LogP contribution in [0.1, 0.15) is 11.1 Å². The zero-order chi connectivity index (χ0) is 19.6. The first-order valence-corrected chi connectivity index (χ1v) is 9.05. The number of urea groups is 1. The van der Waals surface area contributed by atoms with E-state index in [9.17, 15) is 4.79 Å². The fourth-order valence-electron chi connectivity index (χ4n) is 2.49. The number of hydrogen-bond acceptors (Lipinski definition) is 4. The van der Waals surface area contributed by atoms with E-state index in [2.05, 4.69) is 10.6 Å². The number of ether oxygens (including phenoxy) is 3. The van der Waals surface area contributed by atoms with Crippen LogP contribution in [-0.2, 0) is 4.74 Å². The van der Waals surface area contributed by atoms with Gasteiger partial charge in [0.1, 0.15) is 19.0 Å². The molecule has 2 amide bonds. The van der Waals surface area contributed by atoms with Crippen LogP contribution in [-0.4, -0.2) is 39.5 Å². The van der Waals surface area contributed by atoms with Crippen LogP contribution >= 0.6 is 11.6 Å². The third kappa shape index (κ3) is 6.34. The molecule has 7 heteroatoms. The molecule has 0 unspecified atom stereocenters. The number of aryl methyl sites for hydroxylation is 2. The summed E-state index contributed by atoms with van der Waals surface area (Å²) in [5.41, 5.74) is 2.62. The van der Waals surface area contributed by atoms with Gasteiger partial charge in [0.2, 0.25) is 0 Å². The third-order valence-electron chi connectivity index (χ3n) is 3.79. The highest BCUT2D eigenvalue weighted by Crippen LogP contribution is 2.32. The number of hydrogen-bond donors (Lipinski definition) is 2. The summed E-state index contributed by atoms with van der Waals surface area (Å²) in [6.07, 6.45) is 0. The summed E-state index contributed by atoms with van der Waals surface area (Å²) in [5, 5.41) is 5.92. The fourth-order valence-corrected chi connectivity index (χ4v) is 2.72. The van der Waals surface area contributed by atoms with Crippen LogP contribution < -0.4 is 20.1 Å². The predicted molar refractivity (Wildman–Crippen MR) is 107 cm³/mol. The highest BCUT2D eigenvalue weighted by molar-refractivity contribution is 6.32. The Morgan fingerprint density at radius 1 is 0.963 bits per heavy atom. The van der Waals surface area contributed by atoms with Crippen molar-refractivity contribution in [2.45, 2.75) is 13.8 Å². The van der Waals surface area contributed by atoms with Crippen molar-refractivity contribution in [3.8, 4) is 11.5 Å². The van der Waals surface area contributed by atoms with Crippen LogP contribution in [0.2, 0.25) is 5.02 Å². The zero-order valence-electron chi connectivity index (χ0n) is 15.8. The molecule has 0 spiro atoms. The summed E-state index contributed by atoms with van der Waals surface area (Å²) in [5.74, 6) is 1.27. The first-order valence-electron chi connectivity index (χ1n) is 8.67. The van der Waals surface area contributed by atoms with E-state index < -0.39 is 0 Å². The van der Waals surface area contributed by atoms with E-state index in [1.807, 2.05) is 32.0 Å². The second kappa shape index (κ2) is 10.6. The Hall–Kier alpha value is -2.44. The maximum atomic E-state index is 12.2. The minimum Gasteiger partial charge on any atom is -0.491 e. The molecule has 0 saturated heterocycles. The molecule has 2 aromatic rings. The van der Waals surface area contributed by atoms with E-state index >= 15 is 0 Å². The van der Waals surface area contributed by atoms with Gasteiger partial charge in [0, 0.05) is 7.11 Å². The molecular formula is C20H25ClN2O4. The summed E-state index contributed by atoms with van der Waals surface area (Å²) in [6.45, 7) is 5.47. The van der Waals surface area contributed by atoms with Crippen molar-refractivity contribution < 1.29 is 19.0 Å². The second-order valence-electron chi connectivity index (χ2n) is 5.91. The molecule has 2 N–H and O–H groups in total. The van der Waals surface area contributed by atoms with Crippen LogP contribution in [0.5, 0.6) is 11.5 Å². The lowest BCUT2D eigenvalue weighted by Crippen LogP contribution is -2.32. The number of halogens is 1. The van der Waals surface area contributed by atoms with E-state index in [0.29, 0.717) is 42.8 Å². The summed E-state index contributed by atoms with van der Waals surface area (Å²) < 4.78 is 16.3. The first-order chi connectivity index (χ1) is 13.0. The van der Waals surface area contributed by atoms with E-state index in [0.717, 1.165) is 16.9 Å². The molecule has 2 rings (SSSR count). The predicted octanol–water partition coefficient (Wildman–Crippen LogP) is 4.18. The molecule has 0 saturated carbocycles. The number of nitrogens with one attached hydrogen (secondary N) is 2. The van der Waals surface area contributed by atoms with Gasteiger partial charge in [-0.2, -0.15) is 0 Å². The van der Waals surface area contributed by atoms with Crippen LogP contribution in [0.4, 0.5) is 10.5 Å². The summed E-state index contributed by atoms with van der Waals surface area (Å²) in [7, 11) is 1.59. The molecule has 146 valence electrons. The van der Waals surface area contributed by atoms with Crippen LogP contribution in [0, 0.1) is 13.8 Å². The third-order valence-corrected chi connectivity index (χ3v) is 4.09. The molecule has 0 aliphatic carbocycles. The lowest BCUT2D eigenvalue weighted by atomic mass is 10.1. The van der Waals surface area contributed by atoms with Crippen LogP contribution in [0.3, 0.4) is 0 Å². The second-order valence-corrected chi connectivity index (χ2v) is 6.32. The van der Waals surface area contributed by atoms with Gasteiger partial charge in [0.05, 0.1) is 23.9 Å². The van der Waals surface area contributed by atoms with Gasteiger partial charge < -0.3 is 24.8 Å². The van der Waals surface area contributed by atoms with Gasteiger partial charge in [-0.3, -0.25) is 0 Å². The number of amides is 2. The van der Waals surface area contributed by atoms with Crippen molar-refractivity contribution in [3.63, 3.8) is 0 Å². The minimum atomic E-state index is -0.362. The van der Waals surface area contributed by atoms with Crippen molar-refractivity contribution in [2.24, 2.45) is 0 Å². The van der Waals surface area contributed by atoms with E-state index in [1.165, 1.54) is 0 Å². The molecule has 0 heterocycles.